The van der Waals surface area contributed by atoms with Crippen molar-refractivity contribution >= 4 is 17.5 Å². The van der Waals surface area contributed by atoms with Crippen molar-refractivity contribution in [1.29, 1.82) is 0 Å². The highest BCUT2D eigenvalue weighted by Gasteiger charge is 2.22. The van der Waals surface area contributed by atoms with Crippen LogP contribution in [0.3, 0.4) is 0 Å². The van der Waals surface area contributed by atoms with E-state index in [4.69, 9.17) is 6.42 Å². The molecule has 92 valence electrons. The minimum atomic E-state index is -0.183. The van der Waals surface area contributed by atoms with Gasteiger partial charge in [0.1, 0.15) is 0 Å². The molecular weight excluding hydrogens is 228 g/mol. The Morgan fingerprint density at radius 2 is 2.28 bits per heavy atom. The van der Waals surface area contributed by atoms with Crippen molar-refractivity contribution in [3.8, 4) is 12.3 Å². The van der Waals surface area contributed by atoms with Gasteiger partial charge < -0.3 is 10.2 Å². The fourth-order valence-electron chi connectivity index (χ4n) is 2.10. The lowest BCUT2D eigenvalue weighted by Crippen LogP contribution is -2.26. The number of amides is 2. The van der Waals surface area contributed by atoms with Gasteiger partial charge in [0.25, 0.3) is 5.91 Å². The lowest BCUT2D eigenvalue weighted by molar-refractivity contribution is -0.116. The van der Waals surface area contributed by atoms with Crippen LogP contribution in [0.25, 0.3) is 0 Å². The number of fused-ring (bicyclic) bond motifs is 1. The normalized spacial score (nSPS) is 12.8. The minimum Gasteiger partial charge on any atom is -0.341 e. The van der Waals surface area contributed by atoms with Crippen molar-refractivity contribution in [1.82, 2.24) is 5.32 Å². The Balaban J connectivity index is 2.22. The molecule has 1 aliphatic rings. The molecule has 0 bridgehead atoms. The Bertz CT molecular complexity index is 543. The van der Waals surface area contributed by atoms with Gasteiger partial charge >= 0.3 is 0 Å². The molecule has 2 rings (SSSR count). The largest absolute Gasteiger partial charge is 0.341 e. The lowest BCUT2D eigenvalue weighted by Gasteiger charge is -2.14. The van der Waals surface area contributed by atoms with E-state index in [0.717, 1.165) is 17.7 Å². The molecule has 0 radical (unpaired) electrons. The smallest absolute Gasteiger partial charge is 0.252 e. The number of anilines is 1. The number of hydrogen-bond acceptors (Lipinski definition) is 2. The van der Waals surface area contributed by atoms with Crippen molar-refractivity contribution in [2.75, 3.05) is 18.0 Å². The Kier molecular flexibility index (Phi) is 3.33. The molecule has 1 aliphatic heterocycles. The molecule has 0 saturated heterocycles. The molecule has 0 aromatic heterocycles. The van der Waals surface area contributed by atoms with Crippen LogP contribution in [-0.2, 0) is 11.2 Å². The second-order valence-electron chi connectivity index (χ2n) is 4.15. The first-order valence-corrected chi connectivity index (χ1v) is 5.76. The summed E-state index contributed by atoms with van der Waals surface area (Å²) in [6, 6.07) is 5.35. The van der Waals surface area contributed by atoms with Gasteiger partial charge in [-0.3, -0.25) is 9.59 Å². The third-order valence-corrected chi connectivity index (χ3v) is 2.97. The van der Waals surface area contributed by atoms with E-state index in [-0.39, 0.29) is 18.4 Å². The van der Waals surface area contributed by atoms with Crippen LogP contribution >= 0.6 is 0 Å². The Morgan fingerprint density at radius 1 is 1.50 bits per heavy atom. The number of benzene rings is 1. The van der Waals surface area contributed by atoms with Crippen molar-refractivity contribution in [3.05, 3.63) is 29.3 Å². The second-order valence-corrected chi connectivity index (χ2v) is 4.15. The summed E-state index contributed by atoms with van der Waals surface area (Å²) >= 11 is 0. The highest BCUT2D eigenvalue weighted by Crippen LogP contribution is 2.28. The summed E-state index contributed by atoms with van der Waals surface area (Å²) in [5.41, 5.74) is 2.50. The van der Waals surface area contributed by atoms with Crippen LogP contribution in [0.15, 0.2) is 18.2 Å². The van der Waals surface area contributed by atoms with Gasteiger partial charge in [-0.15, -0.1) is 6.42 Å². The van der Waals surface area contributed by atoms with Gasteiger partial charge in [0, 0.05) is 24.7 Å². The molecule has 18 heavy (non-hydrogen) atoms. The van der Waals surface area contributed by atoms with E-state index >= 15 is 0 Å². The SMILES string of the molecule is C#CCNC(=O)c1ccc2c(c1)CCN2C(C)=O. The first kappa shape index (κ1) is 12.2. The molecule has 1 aromatic rings. The first-order chi connectivity index (χ1) is 8.63. The zero-order chi connectivity index (χ0) is 13.1. The predicted molar refractivity (Wildman–Crippen MR) is 69.3 cm³/mol. The summed E-state index contributed by atoms with van der Waals surface area (Å²) < 4.78 is 0. The molecule has 0 atom stereocenters. The molecule has 0 saturated carbocycles. The molecule has 4 heteroatoms. The average molecular weight is 242 g/mol. The van der Waals surface area contributed by atoms with Crippen molar-refractivity contribution < 1.29 is 9.59 Å². The number of carbonyl (C=O) groups excluding carboxylic acids is 2. The number of nitrogens with one attached hydrogen (secondary N) is 1. The number of terminal acetylenes is 1. The number of rotatable bonds is 2. The molecule has 1 heterocycles. The summed E-state index contributed by atoms with van der Waals surface area (Å²) in [5.74, 6) is 2.20. The maximum absolute atomic E-state index is 11.7. The van der Waals surface area contributed by atoms with Gasteiger partial charge in [-0.1, -0.05) is 5.92 Å². The lowest BCUT2D eigenvalue weighted by atomic mass is 10.1. The van der Waals surface area contributed by atoms with Gasteiger partial charge in [0.05, 0.1) is 6.54 Å². The van der Waals surface area contributed by atoms with E-state index in [9.17, 15) is 9.59 Å². The van der Waals surface area contributed by atoms with E-state index in [0.29, 0.717) is 12.1 Å². The number of nitrogens with zero attached hydrogens (tertiary/aromatic N) is 1. The molecule has 1 aromatic carbocycles. The summed E-state index contributed by atoms with van der Waals surface area (Å²) in [7, 11) is 0. The first-order valence-electron chi connectivity index (χ1n) is 5.76. The summed E-state index contributed by atoms with van der Waals surface area (Å²) in [6.45, 7) is 2.44. The standard InChI is InChI=1S/C14H14N2O2/c1-3-7-15-14(18)12-4-5-13-11(9-12)6-8-16(13)10(2)17/h1,4-5,9H,6-8H2,2H3,(H,15,18). The molecule has 0 aliphatic carbocycles. The zero-order valence-corrected chi connectivity index (χ0v) is 10.2. The van der Waals surface area contributed by atoms with E-state index in [1.807, 2.05) is 12.1 Å². The van der Waals surface area contributed by atoms with E-state index < -0.39 is 0 Å². The molecule has 2 amide bonds. The number of carbonyl (C=O) groups is 2. The Morgan fingerprint density at radius 3 is 2.94 bits per heavy atom. The average Bonchev–Trinajstić information content (AvgIpc) is 2.78. The van der Waals surface area contributed by atoms with Crippen molar-refractivity contribution in [2.24, 2.45) is 0 Å². The predicted octanol–water partition coefficient (Wildman–Crippen LogP) is 0.959. The van der Waals surface area contributed by atoms with Gasteiger partial charge in [-0.25, -0.2) is 0 Å². The third kappa shape index (κ3) is 2.21. The molecule has 4 nitrogen and oxygen atoms in total. The van der Waals surface area contributed by atoms with Crippen molar-refractivity contribution in [3.63, 3.8) is 0 Å². The highest BCUT2D eigenvalue weighted by molar-refractivity contribution is 5.97. The Hall–Kier alpha value is -2.28. The number of hydrogen-bond donors (Lipinski definition) is 1. The highest BCUT2D eigenvalue weighted by atomic mass is 16.2. The summed E-state index contributed by atoms with van der Waals surface area (Å²) in [6.07, 6.45) is 5.87. The molecule has 0 unspecified atom stereocenters. The zero-order valence-electron chi connectivity index (χ0n) is 10.2. The van der Waals surface area contributed by atoms with E-state index in [2.05, 4.69) is 11.2 Å². The van der Waals surface area contributed by atoms with Crippen LogP contribution in [0.4, 0.5) is 5.69 Å². The van der Waals surface area contributed by atoms with Gasteiger partial charge in [-0.05, 0) is 30.2 Å². The molecule has 0 fully saturated rings. The van der Waals surface area contributed by atoms with Crippen LogP contribution < -0.4 is 10.2 Å². The summed E-state index contributed by atoms with van der Waals surface area (Å²) in [5, 5.41) is 2.62. The van der Waals surface area contributed by atoms with Gasteiger partial charge in [0.2, 0.25) is 5.91 Å². The van der Waals surface area contributed by atoms with Crippen LogP contribution in [0, 0.1) is 12.3 Å². The maximum atomic E-state index is 11.7. The second kappa shape index (κ2) is 4.92. The molecule has 1 N–H and O–H groups in total. The van der Waals surface area contributed by atoms with Crippen molar-refractivity contribution in [2.45, 2.75) is 13.3 Å². The van der Waals surface area contributed by atoms with Crippen LogP contribution in [0.5, 0.6) is 0 Å². The minimum absolute atomic E-state index is 0.0262. The van der Waals surface area contributed by atoms with Gasteiger partial charge in [-0.2, -0.15) is 0 Å². The monoisotopic (exact) mass is 242 g/mol. The quantitative estimate of drug-likeness (QED) is 0.785. The van der Waals surface area contributed by atoms with Crippen LogP contribution in [0.1, 0.15) is 22.8 Å². The Labute approximate surface area is 106 Å². The molecule has 0 spiro atoms. The van der Waals surface area contributed by atoms with Crippen LogP contribution in [-0.4, -0.2) is 24.9 Å². The van der Waals surface area contributed by atoms with Crippen LogP contribution in [0.2, 0.25) is 0 Å². The fourth-order valence-corrected chi connectivity index (χ4v) is 2.10. The fraction of sp³-hybridized carbons (Fsp3) is 0.286. The molecular formula is C14H14N2O2. The van der Waals surface area contributed by atoms with Gasteiger partial charge in [0.15, 0.2) is 0 Å². The summed E-state index contributed by atoms with van der Waals surface area (Å²) in [4.78, 5) is 24.8. The third-order valence-electron chi connectivity index (χ3n) is 2.97. The van der Waals surface area contributed by atoms with E-state index in [1.165, 1.54) is 0 Å². The topological polar surface area (TPSA) is 49.4 Å². The maximum Gasteiger partial charge on any atom is 0.252 e. The van der Waals surface area contributed by atoms with E-state index in [1.54, 1.807) is 17.9 Å².